The quantitative estimate of drug-likeness (QED) is 0.432. The van der Waals surface area contributed by atoms with E-state index in [0.717, 1.165) is 0 Å². The van der Waals surface area contributed by atoms with Crippen LogP contribution in [0.2, 0.25) is 0 Å². The van der Waals surface area contributed by atoms with E-state index in [4.69, 9.17) is 0 Å². The minimum absolute atomic E-state index is 0.0612. The highest BCUT2D eigenvalue weighted by Crippen LogP contribution is 2.50. The number of carbonyl (C=O) groups is 4. The minimum Gasteiger partial charge on any atom is -0.480 e. The van der Waals surface area contributed by atoms with Crippen LogP contribution in [0.15, 0.2) is 48.5 Å². The molecule has 2 aromatic carbocycles. The average Bonchev–Trinajstić information content (AvgIpc) is 3.16. The van der Waals surface area contributed by atoms with E-state index < -0.39 is 46.0 Å². The van der Waals surface area contributed by atoms with Gasteiger partial charge in [-0.1, -0.05) is 57.2 Å². The summed E-state index contributed by atoms with van der Waals surface area (Å²) in [4.78, 5) is 52.7. The number of amides is 2. The van der Waals surface area contributed by atoms with Gasteiger partial charge >= 0.3 is 11.9 Å². The van der Waals surface area contributed by atoms with Crippen LogP contribution < -0.4 is 5.32 Å². The van der Waals surface area contributed by atoms with Crippen molar-refractivity contribution >= 4 is 35.5 Å². The van der Waals surface area contributed by atoms with Gasteiger partial charge < -0.3 is 25.3 Å². The van der Waals surface area contributed by atoms with Gasteiger partial charge in [0.15, 0.2) is 0 Å². The molecular weight excluding hydrogens is 506 g/mol. The fraction of sp³-hybridized carbons (Fsp3) is 0.429. The number of benzene rings is 2. The predicted molar refractivity (Wildman–Crippen MR) is 147 cm³/mol. The molecule has 3 N–H and O–H groups in total. The third-order valence-electron chi connectivity index (χ3n) is 6.92. The number of nitrogens with zero attached hydrogens (tertiary/aromatic N) is 2. The second kappa shape index (κ2) is 12.0. The van der Waals surface area contributed by atoms with Gasteiger partial charge in [0, 0.05) is 10.3 Å². The highest BCUT2D eigenvalue weighted by atomic mass is 32.2. The first kappa shape index (κ1) is 29.2. The van der Waals surface area contributed by atoms with E-state index in [1.54, 1.807) is 56.3 Å². The zero-order valence-corrected chi connectivity index (χ0v) is 23.1. The van der Waals surface area contributed by atoms with Gasteiger partial charge in [-0.3, -0.25) is 9.59 Å². The number of aromatic carboxylic acids is 1. The van der Waals surface area contributed by atoms with Gasteiger partial charge in [-0.2, -0.15) is 0 Å². The summed E-state index contributed by atoms with van der Waals surface area (Å²) in [5.41, 5.74) is 1.12. The van der Waals surface area contributed by atoms with Crippen molar-refractivity contribution in [2.45, 2.75) is 56.8 Å². The molecule has 0 radical (unpaired) electrons. The molecule has 0 aliphatic carbocycles. The maximum Gasteiger partial charge on any atom is 0.336 e. The smallest absolute Gasteiger partial charge is 0.336 e. The lowest BCUT2D eigenvalue weighted by molar-refractivity contribution is -0.159. The van der Waals surface area contributed by atoms with E-state index >= 15 is 0 Å². The van der Waals surface area contributed by atoms with Gasteiger partial charge in [0.05, 0.1) is 5.56 Å². The Bertz CT molecular complexity index is 1210. The Balaban J connectivity index is 0.000000505. The molecule has 2 heterocycles. The molecule has 10 heteroatoms. The largest absolute Gasteiger partial charge is 0.480 e. The molecule has 0 aromatic heterocycles. The summed E-state index contributed by atoms with van der Waals surface area (Å²) in [6.07, 6.45) is 0. The molecule has 2 fully saturated rings. The van der Waals surface area contributed by atoms with Gasteiger partial charge in [0.25, 0.3) is 5.91 Å². The number of nitrogens with one attached hydrogen (secondary N) is 1. The van der Waals surface area contributed by atoms with E-state index in [9.17, 15) is 29.4 Å². The summed E-state index contributed by atoms with van der Waals surface area (Å²) in [5.74, 6) is -3.15. The number of carboxylic acid groups (broad SMARTS) is 2. The summed E-state index contributed by atoms with van der Waals surface area (Å²) in [5, 5.41) is 21.3. The van der Waals surface area contributed by atoms with Crippen LogP contribution in [-0.4, -0.2) is 85.6 Å². The zero-order chi connectivity index (χ0) is 28.2. The summed E-state index contributed by atoms with van der Waals surface area (Å²) >= 11 is 1.34. The normalized spacial score (nSPS) is 21.2. The molecule has 0 unspecified atom stereocenters. The third-order valence-corrected chi connectivity index (χ3v) is 8.49. The maximum atomic E-state index is 13.1. The van der Waals surface area contributed by atoms with Crippen LogP contribution in [0.25, 0.3) is 11.1 Å². The lowest BCUT2D eigenvalue weighted by Crippen LogP contribution is -2.70. The van der Waals surface area contributed by atoms with Crippen molar-refractivity contribution in [3.05, 3.63) is 59.7 Å². The van der Waals surface area contributed by atoms with E-state index in [1.165, 1.54) is 42.4 Å². The molecule has 2 aliphatic rings. The molecule has 204 valence electrons. The molecule has 2 amide bonds. The third kappa shape index (κ3) is 5.71. The molecule has 0 saturated carbocycles. The average molecular weight is 542 g/mol. The first-order valence-corrected chi connectivity index (χ1v) is 13.5. The van der Waals surface area contributed by atoms with Crippen molar-refractivity contribution in [1.29, 1.82) is 0 Å². The van der Waals surface area contributed by atoms with Gasteiger partial charge in [0.2, 0.25) is 5.91 Å². The van der Waals surface area contributed by atoms with Crippen LogP contribution >= 0.6 is 11.8 Å². The molecule has 2 aromatic rings. The van der Waals surface area contributed by atoms with Crippen molar-refractivity contribution in [3.8, 4) is 11.1 Å². The highest BCUT2D eigenvalue weighted by Gasteiger charge is 2.64. The zero-order valence-electron chi connectivity index (χ0n) is 22.3. The van der Waals surface area contributed by atoms with Crippen LogP contribution in [0.5, 0.6) is 0 Å². The van der Waals surface area contributed by atoms with Gasteiger partial charge in [-0.05, 0) is 56.7 Å². The van der Waals surface area contributed by atoms with Crippen molar-refractivity contribution in [1.82, 2.24) is 15.1 Å². The Labute approximate surface area is 227 Å². The second-order valence-corrected chi connectivity index (χ2v) is 11.3. The fourth-order valence-corrected chi connectivity index (χ4v) is 6.48. The van der Waals surface area contributed by atoms with Crippen LogP contribution in [0.3, 0.4) is 0 Å². The molecule has 3 atom stereocenters. The topological polar surface area (TPSA) is 127 Å². The van der Waals surface area contributed by atoms with E-state index in [-0.39, 0.29) is 11.1 Å². The molecule has 9 nitrogen and oxygen atoms in total. The van der Waals surface area contributed by atoms with Crippen molar-refractivity contribution in [2.24, 2.45) is 0 Å². The van der Waals surface area contributed by atoms with Crippen molar-refractivity contribution in [2.75, 3.05) is 19.6 Å². The van der Waals surface area contributed by atoms with E-state index in [0.29, 0.717) is 11.1 Å². The van der Waals surface area contributed by atoms with Gasteiger partial charge in [0.1, 0.15) is 17.5 Å². The summed E-state index contributed by atoms with van der Waals surface area (Å²) in [6, 6.07) is 11.2. The molecule has 0 bridgehead atoms. The molecule has 2 saturated heterocycles. The van der Waals surface area contributed by atoms with Crippen molar-refractivity contribution in [3.63, 3.8) is 0 Å². The Hall–Kier alpha value is -3.37. The monoisotopic (exact) mass is 541 g/mol. The van der Waals surface area contributed by atoms with Crippen molar-refractivity contribution < 1.29 is 29.4 Å². The molecule has 0 spiro atoms. The Morgan fingerprint density at radius 2 is 1.42 bits per heavy atom. The molecule has 4 rings (SSSR count). The number of hydrogen-bond acceptors (Lipinski definition) is 6. The van der Waals surface area contributed by atoms with Crippen LogP contribution in [0, 0.1) is 0 Å². The van der Waals surface area contributed by atoms with Gasteiger partial charge in [-0.15, -0.1) is 11.8 Å². The summed E-state index contributed by atoms with van der Waals surface area (Å²) in [6.45, 7) is 13.7. The van der Waals surface area contributed by atoms with E-state index in [1.807, 2.05) is 0 Å². The standard InChI is InChI=1S/C22H20N2O6S.C6H15N/c1-22(2)16(21(29)30)24-18(26)15(19(24)31-22)23-17(25)13-9-5-3-7-11(13)12-8-4-6-10-14(12)20(27)28;1-4-7(5-2)6-3/h3-10,15-16,19H,1-2H3,(H,23,25)(H,27,28)(H,29,30);4-6H2,1-3H3/t15-,16+,19-;/m1./s1. The van der Waals surface area contributed by atoms with Gasteiger partial charge in [-0.25, -0.2) is 9.59 Å². The van der Waals surface area contributed by atoms with Crippen LogP contribution in [-0.2, 0) is 9.59 Å². The number of carbonyl (C=O) groups excluding carboxylic acids is 2. The number of carboxylic acids is 2. The first-order chi connectivity index (χ1) is 18.0. The number of aliphatic carboxylic acids is 1. The molecular formula is C28H35N3O6S. The lowest BCUT2D eigenvalue weighted by Gasteiger charge is -2.43. The SMILES string of the molecule is CC1(C)S[C@@H]2[C@H](NC(=O)c3ccccc3-c3ccccc3C(=O)O)C(=O)N2[C@H]1C(=O)O.CCN(CC)CC. The minimum atomic E-state index is -1.11. The number of rotatable bonds is 8. The highest BCUT2D eigenvalue weighted by molar-refractivity contribution is 8.01. The van der Waals surface area contributed by atoms with Crippen LogP contribution in [0.4, 0.5) is 0 Å². The number of hydrogen-bond donors (Lipinski definition) is 3. The number of fused-ring (bicyclic) bond motifs is 1. The maximum absolute atomic E-state index is 13.1. The number of thioether (sulfide) groups is 1. The second-order valence-electron chi connectivity index (χ2n) is 9.57. The Morgan fingerprint density at radius 3 is 1.89 bits per heavy atom. The lowest BCUT2D eigenvalue weighted by atomic mass is 9.93. The fourth-order valence-electron chi connectivity index (χ4n) is 4.86. The van der Waals surface area contributed by atoms with Crippen LogP contribution in [0.1, 0.15) is 55.3 Å². The summed E-state index contributed by atoms with van der Waals surface area (Å²) in [7, 11) is 0. The predicted octanol–water partition coefficient (Wildman–Crippen LogP) is 3.65. The summed E-state index contributed by atoms with van der Waals surface area (Å²) < 4.78 is -0.691. The Kier molecular flexibility index (Phi) is 9.22. The first-order valence-electron chi connectivity index (χ1n) is 12.7. The van der Waals surface area contributed by atoms with E-state index in [2.05, 4.69) is 31.0 Å². The Morgan fingerprint density at radius 1 is 0.921 bits per heavy atom. The number of β-lactam (4-membered cyclic amide) rings is 1. The molecule has 2 aliphatic heterocycles. The molecule has 38 heavy (non-hydrogen) atoms.